The van der Waals surface area contributed by atoms with Gasteiger partial charge in [0.05, 0.1) is 17.1 Å². The van der Waals surface area contributed by atoms with Crippen molar-refractivity contribution >= 4 is 15.8 Å². The van der Waals surface area contributed by atoms with Crippen LogP contribution in [0.3, 0.4) is 0 Å². The zero-order valence-electron chi connectivity index (χ0n) is 13.7. The highest BCUT2D eigenvalue weighted by atomic mass is 32.2. The predicted octanol–water partition coefficient (Wildman–Crippen LogP) is 1.25. The largest absolute Gasteiger partial charge is 0.478 e. The van der Waals surface area contributed by atoms with E-state index in [-0.39, 0.29) is 29.8 Å². The highest BCUT2D eigenvalue weighted by molar-refractivity contribution is 7.91. The summed E-state index contributed by atoms with van der Waals surface area (Å²) >= 11 is 0. The Morgan fingerprint density at radius 2 is 2.21 bits per heavy atom. The number of carboxylic acid groups (broad SMARTS) is 1. The summed E-state index contributed by atoms with van der Waals surface area (Å²) in [7, 11) is -1.35. The molecule has 8 heteroatoms. The average Bonchev–Trinajstić information content (AvgIpc) is 2.91. The number of ether oxygens (including phenoxy) is 2. The molecule has 1 unspecified atom stereocenters. The molecule has 0 amide bonds. The van der Waals surface area contributed by atoms with Crippen LogP contribution in [0.5, 0.6) is 5.75 Å². The van der Waals surface area contributed by atoms with Crippen LogP contribution in [0, 0.1) is 0 Å². The Balaban J connectivity index is 1.99. The predicted molar refractivity (Wildman–Crippen MR) is 89.2 cm³/mol. The number of carbonyl (C=O) groups is 1. The summed E-state index contributed by atoms with van der Waals surface area (Å²) in [4.78, 5) is 13.0. The van der Waals surface area contributed by atoms with Gasteiger partial charge < -0.3 is 14.6 Å². The van der Waals surface area contributed by atoms with Gasteiger partial charge in [-0.05, 0) is 31.0 Å². The Kier molecular flexibility index (Phi) is 6.59. The molecule has 1 N–H and O–H groups in total. The summed E-state index contributed by atoms with van der Waals surface area (Å²) in [6.07, 6.45) is 1.36. The van der Waals surface area contributed by atoms with Crippen LogP contribution in [-0.2, 0) is 14.6 Å². The molecule has 0 spiro atoms. The van der Waals surface area contributed by atoms with Crippen molar-refractivity contribution in [2.24, 2.45) is 0 Å². The molecule has 1 aromatic rings. The molecule has 0 aliphatic carbocycles. The summed E-state index contributed by atoms with van der Waals surface area (Å²) < 4.78 is 34.2. The Hall–Kier alpha value is -1.64. The van der Waals surface area contributed by atoms with Gasteiger partial charge in [0.15, 0.2) is 9.84 Å². The number of benzene rings is 1. The van der Waals surface area contributed by atoms with Crippen LogP contribution in [0.2, 0.25) is 0 Å². The van der Waals surface area contributed by atoms with Gasteiger partial charge in [-0.25, -0.2) is 13.2 Å². The van der Waals surface area contributed by atoms with Crippen molar-refractivity contribution in [3.8, 4) is 5.75 Å². The van der Waals surface area contributed by atoms with Crippen LogP contribution in [0.1, 0.15) is 23.2 Å². The molecule has 1 aliphatic heterocycles. The van der Waals surface area contributed by atoms with Crippen LogP contribution in [0.4, 0.5) is 0 Å². The number of hydrogen-bond acceptors (Lipinski definition) is 6. The van der Waals surface area contributed by atoms with Crippen LogP contribution >= 0.6 is 0 Å². The fraction of sp³-hybridized carbons (Fsp3) is 0.562. The van der Waals surface area contributed by atoms with Crippen molar-refractivity contribution in [2.45, 2.75) is 18.9 Å². The number of hydrogen-bond donors (Lipinski definition) is 1. The third-order valence-corrected chi connectivity index (χ3v) is 5.75. The molecule has 1 fully saturated rings. The first-order valence-corrected chi connectivity index (χ1v) is 9.63. The first kappa shape index (κ1) is 18.7. The minimum absolute atomic E-state index is 0.0745. The van der Waals surface area contributed by atoms with Crippen LogP contribution in [0.25, 0.3) is 0 Å². The van der Waals surface area contributed by atoms with E-state index < -0.39 is 15.8 Å². The first-order valence-electron chi connectivity index (χ1n) is 7.81. The zero-order chi connectivity index (χ0) is 17.6. The molecule has 1 aromatic carbocycles. The normalized spacial score (nSPS) is 19.5. The number of sulfone groups is 1. The zero-order valence-corrected chi connectivity index (χ0v) is 14.5. The lowest BCUT2D eigenvalue weighted by Crippen LogP contribution is -2.40. The Bertz CT molecular complexity index is 660. The molecule has 1 atom stereocenters. The van der Waals surface area contributed by atoms with Crippen LogP contribution in [0.15, 0.2) is 24.3 Å². The Labute approximate surface area is 142 Å². The topological polar surface area (TPSA) is 93.1 Å². The molecule has 1 heterocycles. The second kappa shape index (κ2) is 8.46. The van der Waals surface area contributed by atoms with E-state index >= 15 is 0 Å². The fourth-order valence-electron chi connectivity index (χ4n) is 2.70. The quantitative estimate of drug-likeness (QED) is 0.525. The Morgan fingerprint density at radius 1 is 1.42 bits per heavy atom. The molecule has 24 heavy (non-hydrogen) atoms. The monoisotopic (exact) mass is 357 g/mol. The van der Waals surface area contributed by atoms with Crippen molar-refractivity contribution in [3.05, 3.63) is 29.8 Å². The van der Waals surface area contributed by atoms with Gasteiger partial charge in [0, 0.05) is 26.3 Å². The van der Waals surface area contributed by atoms with Gasteiger partial charge in [0.1, 0.15) is 12.5 Å². The van der Waals surface area contributed by atoms with Crippen molar-refractivity contribution in [3.63, 3.8) is 0 Å². The number of nitrogens with zero attached hydrogens (tertiary/aromatic N) is 1. The number of rotatable bonds is 9. The van der Waals surface area contributed by atoms with Crippen molar-refractivity contribution in [2.75, 3.05) is 38.5 Å². The third-order valence-electron chi connectivity index (χ3n) is 4.00. The van der Waals surface area contributed by atoms with E-state index in [1.54, 1.807) is 19.2 Å². The van der Waals surface area contributed by atoms with Gasteiger partial charge in [0.25, 0.3) is 0 Å². The fourth-order valence-corrected chi connectivity index (χ4v) is 4.47. The molecule has 1 aliphatic rings. The number of methoxy groups -OCH3 is 1. The van der Waals surface area contributed by atoms with Gasteiger partial charge in [-0.3, -0.25) is 4.90 Å². The van der Waals surface area contributed by atoms with E-state index in [0.717, 1.165) is 6.42 Å². The van der Waals surface area contributed by atoms with E-state index in [0.29, 0.717) is 25.3 Å². The molecule has 2 rings (SSSR count). The molecule has 0 aromatic heterocycles. The summed E-state index contributed by atoms with van der Waals surface area (Å²) in [5.41, 5.74) is 0.155. The van der Waals surface area contributed by atoms with E-state index in [1.165, 1.54) is 12.1 Å². The molecule has 0 saturated carbocycles. The second-order valence-electron chi connectivity index (χ2n) is 5.82. The lowest BCUT2D eigenvalue weighted by Gasteiger charge is -2.27. The molecule has 0 bridgehead atoms. The Morgan fingerprint density at radius 3 is 2.83 bits per heavy atom. The minimum atomic E-state index is -2.98. The summed E-state index contributed by atoms with van der Waals surface area (Å²) in [6.45, 7) is 1.46. The lowest BCUT2D eigenvalue weighted by molar-refractivity contribution is 0.0691. The van der Waals surface area contributed by atoms with Gasteiger partial charge in [-0.2, -0.15) is 0 Å². The smallest absolute Gasteiger partial charge is 0.335 e. The standard InChI is InChI=1S/C16H23NO6S/c1-22-8-3-7-17(14-6-9-24(20,21)11-14)12-23-15-5-2-4-13(10-15)16(18)19/h2,4-5,10,14H,3,6-9,11-12H2,1H3,(H,18,19). The summed E-state index contributed by atoms with van der Waals surface area (Å²) in [5.74, 6) is -0.224. The van der Waals surface area contributed by atoms with Gasteiger partial charge in [-0.1, -0.05) is 6.07 Å². The second-order valence-corrected chi connectivity index (χ2v) is 8.05. The maximum Gasteiger partial charge on any atom is 0.335 e. The van der Waals surface area contributed by atoms with Crippen molar-refractivity contribution in [1.29, 1.82) is 0 Å². The van der Waals surface area contributed by atoms with Gasteiger partial charge in [-0.15, -0.1) is 0 Å². The van der Waals surface area contributed by atoms with Crippen LogP contribution in [-0.4, -0.2) is 68.9 Å². The highest BCUT2D eigenvalue weighted by Crippen LogP contribution is 2.20. The maximum absolute atomic E-state index is 11.7. The summed E-state index contributed by atoms with van der Waals surface area (Å²) in [5, 5.41) is 9.01. The molecule has 0 radical (unpaired) electrons. The average molecular weight is 357 g/mol. The molecule has 7 nitrogen and oxygen atoms in total. The number of aromatic carboxylic acids is 1. The van der Waals surface area contributed by atoms with E-state index in [9.17, 15) is 13.2 Å². The van der Waals surface area contributed by atoms with Gasteiger partial charge >= 0.3 is 5.97 Å². The maximum atomic E-state index is 11.7. The molecular formula is C16H23NO6S. The van der Waals surface area contributed by atoms with Crippen molar-refractivity contribution < 1.29 is 27.8 Å². The molecule has 1 saturated heterocycles. The minimum Gasteiger partial charge on any atom is -0.478 e. The summed E-state index contributed by atoms with van der Waals surface area (Å²) in [6, 6.07) is 6.18. The SMILES string of the molecule is COCCCN(COc1cccc(C(=O)O)c1)C1CCS(=O)(=O)C1. The molecule has 134 valence electrons. The molecular weight excluding hydrogens is 334 g/mol. The van der Waals surface area contributed by atoms with Gasteiger partial charge in [0.2, 0.25) is 0 Å². The van der Waals surface area contributed by atoms with Crippen molar-refractivity contribution in [1.82, 2.24) is 4.90 Å². The number of carboxylic acids is 1. The van der Waals surface area contributed by atoms with E-state index in [2.05, 4.69) is 0 Å². The van der Waals surface area contributed by atoms with E-state index in [4.69, 9.17) is 14.6 Å². The third kappa shape index (κ3) is 5.47. The van der Waals surface area contributed by atoms with Crippen LogP contribution < -0.4 is 4.74 Å². The highest BCUT2D eigenvalue weighted by Gasteiger charge is 2.32. The lowest BCUT2D eigenvalue weighted by atomic mass is 10.2. The van der Waals surface area contributed by atoms with E-state index in [1.807, 2.05) is 4.90 Å². The first-order chi connectivity index (χ1) is 11.4.